The van der Waals surface area contributed by atoms with Crippen LogP contribution in [0.1, 0.15) is 70.6 Å². The number of aryl methyl sites for hydroxylation is 1. The normalized spacial score (nSPS) is 17.6. The number of nitrogens with zero attached hydrogens (tertiary/aromatic N) is 1. The van der Waals surface area contributed by atoms with Crippen molar-refractivity contribution in [3.63, 3.8) is 0 Å². The number of piperidine rings is 1. The third-order valence-electron chi connectivity index (χ3n) is 8.14. The van der Waals surface area contributed by atoms with Crippen molar-refractivity contribution in [1.82, 2.24) is 5.32 Å². The van der Waals surface area contributed by atoms with E-state index >= 15 is 0 Å². The van der Waals surface area contributed by atoms with Crippen LogP contribution in [0.5, 0.6) is 11.5 Å². The summed E-state index contributed by atoms with van der Waals surface area (Å²) in [4.78, 5) is 15.8. The highest BCUT2D eigenvalue weighted by molar-refractivity contribution is 6.06. The Morgan fingerprint density at radius 1 is 0.892 bits per heavy atom. The number of nitrogens with one attached hydrogen (secondary N) is 1. The lowest BCUT2D eigenvalue weighted by Gasteiger charge is -2.31. The van der Waals surface area contributed by atoms with Crippen LogP contribution in [0.3, 0.4) is 0 Å². The molecule has 1 atom stereocenters. The van der Waals surface area contributed by atoms with E-state index in [1.165, 1.54) is 16.7 Å². The minimum atomic E-state index is 0.0176. The highest BCUT2D eigenvalue weighted by Crippen LogP contribution is 2.43. The Labute approximate surface area is 220 Å². The molecule has 0 unspecified atom stereocenters. The second-order valence-corrected chi connectivity index (χ2v) is 10.2. The van der Waals surface area contributed by atoms with Crippen molar-refractivity contribution in [2.75, 3.05) is 38.8 Å². The topological polar surface area (TPSA) is 50.8 Å². The molecule has 1 aliphatic carbocycles. The molecule has 5 heteroatoms. The molecular weight excluding hydrogens is 460 g/mol. The molecule has 194 valence electrons. The van der Waals surface area contributed by atoms with E-state index in [4.69, 9.17) is 9.47 Å². The molecule has 1 saturated heterocycles. The standard InChI is InChI=1S/C32H38N2O3/c1-4-34(32(35)25-12-9-23(10-13-25)24-15-17-33-18-16-24)29-21-31(37-3)30(36-2)20-28(29)27-14-11-22-7-5-6-8-26(22)19-27/h5-10,12-13,20-21,24,27,33H,4,11,14-19H2,1-3H3/t27-/m1/s1. The average Bonchev–Trinajstić information content (AvgIpc) is 2.97. The van der Waals surface area contributed by atoms with Crippen LogP contribution >= 0.6 is 0 Å². The number of rotatable bonds is 7. The van der Waals surface area contributed by atoms with E-state index in [0.717, 1.165) is 56.4 Å². The minimum absolute atomic E-state index is 0.0176. The van der Waals surface area contributed by atoms with Gasteiger partial charge in [0.2, 0.25) is 0 Å². The largest absolute Gasteiger partial charge is 0.493 e. The van der Waals surface area contributed by atoms with E-state index in [9.17, 15) is 4.79 Å². The summed E-state index contributed by atoms with van der Waals surface area (Å²) >= 11 is 0. The fourth-order valence-corrected chi connectivity index (χ4v) is 6.04. The molecule has 1 fully saturated rings. The smallest absolute Gasteiger partial charge is 0.258 e. The molecule has 1 amide bonds. The first-order valence-corrected chi connectivity index (χ1v) is 13.6. The van der Waals surface area contributed by atoms with E-state index in [1.54, 1.807) is 14.2 Å². The van der Waals surface area contributed by atoms with Crippen molar-refractivity contribution in [3.8, 4) is 11.5 Å². The third-order valence-corrected chi connectivity index (χ3v) is 8.14. The van der Waals surface area contributed by atoms with Crippen molar-refractivity contribution in [2.45, 2.75) is 50.9 Å². The Kier molecular flexibility index (Phi) is 7.80. The molecule has 1 heterocycles. The molecule has 5 rings (SSSR count). The summed E-state index contributed by atoms with van der Waals surface area (Å²) in [5.41, 5.74) is 6.93. The number of anilines is 1. The van der Waals surface area contributed by atoms with Gasteiger partial charge in [-0.1, -0.05) is 36.4 Å². The molecule has 0 saturated carbocycles. The molecule has 2 aliphatic rings. The lowest BCUT2D eigenvalue weighted by Crippen LogP contribution is -2.32. The number of hydrogen-bond acceptors (Lipinski definition) is 4. The highest BCUT2D eigenvalue weighted by atomic mass is 16.5. The van der Waals surface area contributed by atoms with Gasteiger partial charge < -0.3 is 19.7 Å². The predicted molar refractivity (Wildman–Crippen MR) is 149 cm³/mol. The van der Waals surface area contributed by atoms with Gasteiger partial charge in [-0.3, -0.25) is 4.79 Å². The number of methoxy groups -OCH3 is 2. The number of amides is 1. The molecular formula is C32H38N2O3. The Balaban J connectivity index is 1.48. The van der Waals surface area contributed by atoms with E-state index < -0.39 is 0 Å². The molecule has 37 heavy (non-hydrogen) atoms. The molecule has 5 nitrogen and oxygen atoms in total. The lowest BCUT2D eigenvalue weighted by atomic mass is 9.79. The second-order valence-electron chi connectivity index (χ2n) is 10.2. The van der Waals surface area contributed by atoms with Gasteiger partial charge in [0.05, 0.1) is 19.9 Å². The van der Waals surface area contributed by atoms with E-state index in [1.807, 2.05) is 30.0 Å². The molecule has 0 bridgehead atoms. The van der Waals surface area contributed by atoms with Crippen molar-refractivity contribution in [2.24, 2.45) is 0 Å². The van der Waals surface area contributed by atoms with Crippen LogP contribution in [0.25, 0.3) is 0 Å². The van der Waals surface area contributed by atoms with Gasteiger partial charge in [0.25, 0.3) is 5.91 Å². The highest BCUT2D eigenvalue weighted by Gasteiger charge is 2.28. The van der Waals surface area contributed by atoms with Crippen LogP contribution in [0.4, 0.5) is 5.69 Å². The maximum absolute atomic E-state index is 13.9. The van der Waals surface area contributed by atoms with Gasteiger partial charge in [-0.05, 0) is 104 Å². The second kappa shape index (κ2) is 11.4. The predicted octanol–water partition coefficient (Wildman–Crippen LogP) is 6.11. The molecule has 0 radical (unpaired) electrons. The van der Waals surface area contributed by atoms with Gasteiger partial charge in [-0.15, -0.1) is 0 Å². The average molecular weight is 499 g/mol. The summed E-state index contributed by atoms with van der Waals surface area (Å²) in [5, 5.41) is 3.43. The summed E-state index contributed by atoms with van der Waals surface area (Å²) < 4.78 is 11.4. The fourth-order valence-electron chi connectivity index (χ4n) is 6.04. The number of fused-ring (bicyclic) bond motifs is 1. The van der Waals surface area contributed by atoms with Gasteiger partial charge in [-0.25, -0.2) is 0 Å². The van der Waals surface area contributed by atoms with Crippen LogP contribution in [0.15, 0.2) is 60.7 Å². The SMILES string of the molecule is CCN(C(=O)c1ccc(C2CCNCC2)cc1)c1cc(OC)c(OC)cc1[C@@H]1CCc2ccccc2C1. The Bertz CT molecular complexity index is 1230. The minimum Gasteiger partial charge on any atom is -0.493 e. The summed E-state index contributed by atoms with van der Waals surface area (Å²) in [7, 11) is 3.32. The van der Waals surface area contributed by atoms with Crippen LogP contribution in [-0.2, 0) is 12.8 Å². The lowest BCUT2D eigenvalue weighted by molar-refractivity contribution is 0.0988. The van der Waals surface area contributed by atoms with Crippen molar-refractivity contribution in [1.29, 1.82) is 0 Å². The van der Waals surface area contributed by atoms with Gasteiger partial charge in [-0.2, -0.15) is 0 Å². The van der Waals surface area contributed by atoms with Gasteiger partial charge in [0, 0.05) is 18.2 Å². The van der Waals surface area contributed by atoms with Gasteiger partial charge >= 0.3 is 0 Å². The molecule has 3 aromatic carbocycles. The number of benzene rings is 3. The summed E-state index contributed by atoms with van der Waals surface area (Å²) in [6.45, 7) is 4.73. The van der Waals surface area contributed by atoms with E-state index in [2.05, 4.69) is 47.8 Å². The number of carbonyl (C=O) groups is 1. The molecule has 0 spiro atoms. The van der Waals surface area contributed by atoms with Crippen LogP contribution in [0.2, 0.25) is 0 Å². The van der Waals surface area contributed by atoms with Crippen molar-refractivity contribution < 1.29 is 14.3 Å². The Morgan fingerprint density at radius 3 is 2.24 bits per heavy atom. The van der Waals surface area contributed by atoms with Crippen molar-refractivity contribution in [3.05, 3.63) is 88.5 Å². The van der Waals surface area contributed by atoms with E-state index in [0.29, 0.717) is 35.4 Å². The molecule has 0 aromatic heterocycles. The van der Waals surface area contributed by atoms with Crippen LogP contribution < -0.4 is 19.7 Å². The monoisotopic (exact) mass is 498 g/mol. The van der Waals surface area contributed by atoms with E-state index in [-0.39, 0.29) is 5.91 Å². The first-order chi connectivity index (χ1) is 18.1. The van der Waals surface area contributed by atoms with Gasteiger partial charge in [0.1, 0.15) is 0 Å². The summed E-state index contributed by atoms with van der Waals surface area (Å²) in [6.07, 6.45) is 5.32. The number of ether oxygens (including phenoxy) is 2. The maximum Gasteiger partial charge on any atom is 0.258 e. The summed E-state index contributed by atoms with van der Waals surface area (Å²) in [5.74, 6) is 2.23. The first-order valence-electron chi connectivity index (χ1n) is 13.6. The molecule has 1 aliphatic heterocycles. The van der Waals surface area contributed by atoms with Crippen LogP contribution in [-0.4, -0.2) is 39.8 Å². The number of carbonyl (C=O) groups excluding carboxylic acids is 1. The maximum atomic E-state index is 13.9. The summed E-state index contributed by atoms with van der Waals surface area (Å²) in [6, 6.07) is 21.1. The zero-order chi connectivity index (χ0) is 25.8. The zero-order valence-corrected chi connectivity index (χ0v) is 22.3. The van der Waals surface area contributed by atoms with Crippen LogP contribution in [0, 0.1) is 0 Å². The number of hydrogen-bond donors (Lipinski definition) is 1. The van der Waals surface area contributed by atoms with Gasteiger partial charge in [0.15, 0.2) is 11.5 Å². The third kappa shape index (κ3) is 5.24. The zero-order valence-electron chi connectivity index (χ0n) is 22.3. The Hall–Kier alpha value is -3.31. The quantitative estimate of drug-likeness (QED) is 0.427. The van der Waals surface area contributed by atoms with Crippen molar-refractivity contribution >= 4 is 11.6 Å². The fraction of sp³-hybridized carbons (Fsp3) is 0.406. The Morgan fingerprint density at radius 2 is 1.57 bits per heavy atom. The molecule has 1 N–H and O–H groups in total. The molecule has 3 aromatic rings. The first kappa shape index (κ1) is 25.3.